The second-order valence-corrected chi connectivity index (χ2v) is 10.5. The molecule has 186 valence electrons. The highest BCUT2D eigenvalue weighted by atomic mass is 19.1. The topological polar surface area (TPSA) is 107 Å². The van der Waals surface area contributed by atoms with Crippen LogP contribution in [0.5, 0.6) is 0 Å². The number of hydrogen-bond donors (Lipinski definition) is 1. The van der Waals surface area contributed by atoms with Gasteiger partial charge in [-0.25, -0.2) is 8.78 Å². The first-order valence-corrected chi connectivity index (χ1v) is 11.6. The molecule has 9 heteroatoms. The molecule has 0 saturated heterocycles. The summed E-state index contributed by atoms with van der Waals surface area (Å²) < 4.78 is 43.1. The van der Waals surface area contributed by atoms with Gasteiger partial charge in [-0.05, 0) is 56.3 Å². The van der Waals surface area contributed by atoms with Gasteiger partial charge < -0.3 is 14.6 Å². The summed E-state index contributed by atoms with van der Waals surface area (Å²) >= 11 is 0. The normalized spacial score (nSPS) is 44.9. The minimum atomic E-state index is -2.30. The molecule has 0 aliphatic heterocycles. The van der Waals surface area contributed by atoms with Crippen molar-refractivity contribution in [2.24, 2.45) is 22.7 Å². The quantitative estimate of drug-likeness (QED) is 0.617. The van der Waals surface area contributed by atoms with E-state index in [1.165, 1.54) is 19.1 Å². The van der Waals surface area contributed by atoms with Crippen molar-refractivity contribution in [3.05, 3.63) is 23.8 Å². The molecule has 4 aliphatic carbocycles. The summed E-state index contributed by atoms with van der Waals surface area (Å²) in [6.07, 6.45) is 0.200. The monoisotopic (exact) mass is 480 g/mol. The van der Waals surface area contributed by atoms with Gasteiger partial charge in [0.05, 0.1) is 6.10 Å². The standard InChI is InChI=1S/C25H30F2O7/c1-13(28)33-12-21(32)24(34-14(2)29)8-6-16-17-10-19(26)18-9-15(30)5-7-22(18,3)25(17,27)20(31)11-23(16,24)4/h5,7,9,16-17,19-20,31H,6,8,10-12H2,1-4H3/t16-,17-,19-,20?,22-,23-,24-,25-/m0/s1. The molecule has 0 spiro atoms. The smallest absolute Gasteiger partial charge is 0.303 e. The Bertz CT molecular complexity index is 1020. The van der Waals surface area contributed by atoms with Crippen LogP contribution in [0.3, 0.4) is 0 Å². The highest BCUT2D eigenvalue weighted by Crippen LogP contribution is 2.70. The molecule has 1 unspecified atom stereocenters. The molecule has 0 bridgehead atoms. The van der Waals surface area contributed by atoms with Crippen LogP contribution in [0.2, 0.25) is 0 Å². The number of aliphatic hydroxyl groups excluding tert-OH is 1. The molecule has 7 nitrogen and oxygen atoms in total. The van der Waals surface area contributed by atoms with E-state index in [1.54, 1.807) is 6.92 Å². The van der Waals surface area contributed by atoms with E-state index < -0.39 is 76.3 Å². The molecule has 0 aromatic carbocycles. The summed E-state index contributed by atoms with van der Waals surface area (Å²) in [6.45, 7) is 4.81. The predicted octanol–water partition coefficient (Wildman–Crippen LogP) is 2.74. The number of allylic oxidation sites excluding steroid dienone is 4. The fourth-order valence-corrected chi connectivity index (χ4v) is 7.40. The Hall–Kier alpha value is -2.42. The highest BCUT2D eigenvalue weighted by molar-refractivity contribution is 6.01. The first kappa shape index (κ1) is 24.7. The van der Waals surface area contributed by atoms with Gasteiger partial charge in [-0.3, -0.25) is 19.2 Å². The average Bonchev–Trinajstić information content (AvgIpc) is 3.02. The van der Waals surface area contributed by atoms with Crippen LogP contribution >= 0.6 is 0 Å². The van der Waals surface area contributed by atoms with Crippen molar-refractivity contribution in [3.8, 4) is 0 Å². The minimum Gasteiger partial charge on any atom is -0.458 e. The zero-order valence-corrected chi connectivity index (χ0v) is 19.7. The van der Waals surface area contributed by atoms with Gasteiger partial charge in [0.1, 0.15) is 6.17 Å². The molecule has 0 aromatic rings. The van der Waals surface area contributed by atoms with Crippen molar-refractivity contribution in [2.75, 3.05) is 6.61 Å². The van der Waals surface area contributed by atoms with Gasteiger partial charge >= 0.3 is 11.9 Å². The number of halogens is 2. The molecule has 0 amide bonds. The average molecular weight is 481 g/mol. The Morgan fingerprint density at radius 1 is 1.18 bits per heavy atom. The zero-order valence-electron chi connectivity index (χ0n) is 19.7. The Labute approximate surface area is 196 Å². The fraction of sp³-hybridized carbons (Fsp3) is 0.680. The van der Waals surface area contributed by atoms with Crippen molar-refractivity contribution >= 4 is 23.5 Å². The van der Waals surface area contributed by atoms with Crippen LogP contribution in [-0.4, -0.2) is 58.8 Å². The van der Waals surface area contributed by atoms with E-state index >= 15 is 8.78 Å². The number of ether oxygens (including phenoxy) is 2. The van der Waals surface area contributed by atoms with E-state index in [-0.39, 0.29) is 31.3 Å². The lowest BCUT2D eigenvalue weighted by molar-refractivity contribution is -0.228. The lowest BCUT2D eigenvalue weighted by atomic mass is 9.44. The molecule has 4 rings (SSSR count). The number of Topliss-reactive ketones (excluding diaryl/α,β-unsaturated/α-hetero) is 1. The van der Waals surface area contributed by atoms with Crippen LogP contribution in [0.4, 0.5) is 8.78 Å². The van der Waals surface area contributed by atoms with Gasteiger partial charge in [0.2, 0.25) is 5.78 Å². The number of aliphatic hydroxyl groups is 1. The van der Waals surface area contributed by atoms with Gasteiger partial charge in [0.15, 0.2) is 23.7 Å². The van der Waals surface area contributed by atoms with Crippen LogP contribution in [0.15, 0.2) is 23.8 Å². The summed E-state index contributed by atoms with van der Waals surface area (Å²) in [5.41, 5.74) is -6.80. The molecular formula is C25H30F2O7. The minimum absolute atomic E-state index is 0.0107. The van der Waals surface area contributed by atoms with E-state index in [9.17, 15) is 24.3 Å². The SMILES string of the molecule is CC(=O)OCC(=O)[C@@]1(OC(C)=O)CC[C@H]2[C@@H]3C[C@H](F)C4=CC(=O)C=C[C@]4(C)[C@@]3(F)C(O)C[C@@]21C. The number of carbonyl (C=O) groups excluding carboxylic acids is 4. The Morgan fingerprint density at radius 3 is 2.47 bits per heavy atom. The maximum atomic E-state index is 17.1. The van der Waals surface area contributed by atoms with Gasteiger partial charge in [0.25, 0.3) is 0 Å². The molecule has 3 fully saturated rings. The van der Waals surface area contributed by atoms with Crippen LogP contribution in [0.25, 0.3) is 0 Å². The number of rotatable bonds is 4. The van der Waals surface area contributed by atoms with E-state index in [1.807, 2.05) is 0 Å². The summed E-state index contributed by atoms with van der Waals surface area (Å²) in [5.74, 6) is -4.11. The number of carbonyl (C=O) groups is 4. The van der Waals surface area contributed by atoms with Crippen molar-refractivity contribution in [2.45, 2.75) is 76.9 Å². The van der Waals surface area contributed by atoms with Crippen molar-refractivity contribution < 1.29 is 42.5 Å². The summed E-state index contributed by atoms with van der Waals surface area (Å²) in [7, 11) is 0. The number of alkyl halides is 2. The largest absolute Gasteiger partial charge is 0.458 e. The molecule has 4 aliphatic rings. The lowest BCUT2D eigenvalue weighted by Crippen LogP contribution is -2.70. The fourth-order valence-electron chi connectivity index (χ4n) is 7.40. The maximum absolute atomic E-state index is 17.1. The van der Waals surface area contributed by atoms with E-state index in [2.05, 4.69) is 0 Å². The molecule has 3 saturated carbocycles. The third kappa shape index (κ3) is 3.08. The van der Waals surface area contributed by atoms with E-state index in [0.29, 0.717) is 0 Å². The number of hydrogen-bond acceptors (Lipinski definition) is 7. The lowest BCUT2D eigenvalue weighted by Gasteiger charge is -2.63. The first-order chi connectivity index (χ1) is 15.7. The third-order valence-corrected chi connectivity index (χ3v) is 8.92. The van der Waals surface area contributed by atoms with Crippen molar-refractivity contribution in [1.82, 2.24) is 0 Å². The molecule has 34 heavy (non-hydrogen) atoms. The number of ketones is 2. The van der Waals surface area contributed by atoms with Crippen LogP contribution in [-0.2, 0) is 28.7 Å². The Balaban J connectivity index is 1.81. The predicted molar refractivity (Wildman–Crippen MR) is 115 cm³/mol. The first-order valence-electron chi connectivity index (χ1n) is 11.6. The Morgan fingerprint density at radius 2 is 1.85 bits per heavy atom. The second-order valence-electron chi connectivity index (χ2n) is 10.5. The van der Waals surface area contributed by atoms with Crippen molar-refractivity contribution in [1.29, 1.82) is 0 Å². The molecule has 8 atom stereocenters. The van der Waals surface area contributed by atoms with Gasteiger partial charge in [-0.1, -0.05) is 13.0 Å². The van der Waals surface area contributed by atoms with Gasteiger partial charge in [-0.2, -0.15) is 0 Å². The van der Waals surface area contributed by atoms with E-state index in [0.717, 1.165) is 19.9 Å². The number of fused-ring (bicyclic) bond motifs is 5. The zero-order chi connectivity index (χ0) is 25.3. The molecule has 0 aromatic heterocycles. The molecule has 0 radical (unpaired) electrons. The second kappa shape index (κ2) is 7.80. The van der Waals surface area contributed by atoms with Gasteiger partial charge in [0, 0.05) is 30.6 Å². The van der Waals surface area contributed by atoms with E-state index in [4.69, 9.17) is 9.47 Å². The van der Waals surface area contributed by atoms with Crippen molar-refractivity contribution in [3.63, 3.8) is 0 Å². The van der Waals surface area contributed by atoms with Crippen LogP contribution in [0.1, 0.15) is 53.4 Å². The Kier molecular flexibility index (Phi) is 5.66. The van der Waals surface area contributed by atoms with Gasteiger partial charge in [-0.15, -0.1) is 0 Å². The van der Waals surface area contributed by atoms with Crippen LogP contribution in [0, 0.1) is 22.7 Å². The number of esters is 2. The molecular weight excluding hydrogens is 450 g/mol. The maximum Gasteiger partial charge on any atom is 0.303 e. The van der Waals surface area contributed by atoms with Crippen LogP contribution < -0.4 is 0 Å². The third-order valence-electron chi connectivity index (χ3n) is 8.92. The molecule has 1 N–H and O–H groups in total. The molecule has 0 heterocycles. The summed E-state index contributed by atoms with van der Waals surface area (Å²) in [6, 6.07) is 0. The summed E-state index contributed by atoms with van der Waals surface area (Å²) in [5, 5.41) is 11.3. The summed E-state index contributed by atoms with van der Waals surface area (Å²) in [4.78, 5) is 48.7. The highest BCUT2D eigenvalue weighted by Gasteiger charge is 2.76.